The van der Waals surface area contributed by atoms with E-state index >= 15 is 0 Å². The van der Waals surface area contributed by atoms with Gasteiger partial charge in [-0.05, 0) is 71.5 Å². The number of aromatic nitrogens is 4. The molecule has 277 valence electrons. The minimum Gasteiger partial charge on any atom is -0.486 e. The molecule has 0 unspecified atom stereocenters. The summed E-state index contributed by atoms with van der Waals surface area (Å²) >= 11 is 0. The van der Waals surface area contributed by atoms with E-state index in [-0.39, 0.29) is 25.5 Å². The quantitative estimate of drug-likeness (QED) is 0.118. The predicted molar refractivity (Wildman–Crippen MR) is 224 cm³/mol. The van der Waals surface area contributed by atoms with Crippen LogP contribution in [0.1, 0.15) is 45.9 Å². The van der Waals surface area contributed by atoms with Crippen molar-refractivity contribution in [2.24, 2.45) is 11.3 Å². The molecule has 0 spiro atoms. The first kappa shape index (κ1) is 39.0. The molecule has 0 saturated heterocycles. The van der Waals surface area contributed by atoms with Gasteiger partial charge in [0.15, 0.2) is 0 Å². The second-order valence-corrected chi connectivity index (χ2v) is 21.6. The Morgan fingerprint density at radius 2 is 1.54 bits per heavy atom. The molecule has 0 saturated carbocycles. The number of nitrogens with zero attached hydrogens (tertiary/aromatic N) is 4. The third-order valence-corrected chi connectivity index (χ3v) is 11.3. The summed E-state index contributed by atoms with van der Waals surface area (Å²) in [5.41, 5.74) is 10.1. The van der Waals surface area contributed by atoms with Gasteiger partial charge in [0.25, 0.3) is 0 Å². The smallest absolute Gasteiger partial charge is 0.216 e. The summed E-state index contributed by atoms with van der Waals surface area (Å²) in [4.78, 5) is 14.5. The van der Waals surface area contributed by atoms with E-state index in [9.17, 15) is 0 Å². The van der Waals surface area contributed by atoms with Gasteiger partial charge in [0.05, 0.1) is 30.5 Å². The SMILES string of the molecule is CC(C)(C)Cc1ccc2c(n1)oc1c(-c3nc4ccccc4n3-c3ccccc3)[c-]ccc12.CC(C)Cc1cc(-c2[c-]cccc2)ncc1[Si](C)(C)C.[Ir]. The molecule has 4 heterocycles. The van der Waals surface area contributed by atoms with Gasteiger partial charge in [-0.25, -0.2) is 4.98 Å². The first-order valence-corrected chi connectivity index (χ1v) is 22.1. The van der Waals surface area contributed by atoms with Crippen LogP contribution >= 0.6 is 0 Å². The fourth-order valence-corrected chi connectivity index (χ4v) is 8.57. The maximum Gasteiger partial charge on any atom is 0.216 e. The summed E-state index contributed by atoms with van der Waals surface area (Å²) in [6.07, 6.45) is 4.13. The number of hydrogen-bond donors (Lipinski definition) is 0. The topological polar surface area (TPSA) is 56.7 Å². The van der Waals surface area contributed by atoms with Crippen molar-refractivity contribution in [3.8, 4) is 28.3 Å². The van der Waals surface area contributed by atoms with Crippen molar-refractivity contribution in [3.05, 3.63) is 139 Å². The monoisotopic (exact) mass is 905 g/mol. The van der Waals surface area contributed by atoms with Gasteiger partial charge >= 0.3 is 0 Å². The Morgan fingerprint density at radius 1 is 0.796 bits per heavy atom. The predicted octanol–water partition coefficient (Wildman–Crippen LogP) is 11.7. The van der Waals surface area contributed by atoms with Crippen LogP contribution in [-0.4, -0.2) is 27.6 Å². The van der Waals surface area contributed by atoms with Crippen LogP contribution in [0.2, 0.25) is 19.6 Å². The maximum absolute atomic E-state index is 6.38. The molecule has 5 nitrogen and oxygen atoms in total. The molecule has 0 bridgehead atoms. The van der Waals surface area contributed by atoms with E-state index in [1.54, 1.807) is 0 Å². The molecule has 0 N–H and O–H groups in total. The molecule has 1 radical (unpaired) electrons. The number of benzene rings is 4. The van der Waals surface area contributed by atoms with Crippen molar-refractivity contribution in [2.75, 3.05) is 0 Å². The molecule has 0 amide bonds. The first-order valence-electron chi connectivity index (χ1n) is 18.6. The molecule has 0 fully saturated rings. The molecule has 0 aliphatic rings. The van der Waals surface area contributed by atoms with Crippen LogP contribution < -0.4 is 5.19 Å². The Hall–Kier alpha value is -4.68. The summed E-state index contributed by atoms with van der Waals surface area (Å²) in [7, 11) is -1.34. The molecule has 8 rings (SSSR count). The first-order chi connectivity index (χ1) is 25.4. The molecule has 4 aromatic heterocycles. The minimum atomic E-state index is -1.34. The van der Waals surface area contributed by atoms with Crippen molar-refractivity contribution in [1.29, 1.82) is 0 Å². The van der Waals surface area contributed by atoms with E-state index in [0.717, 1.165) is 74.3 Å². The molecule has 0 aliphatic heterocycles. The van der Waals surface area contributed by atoms with E-state index in [2.05, 4.69) is 125 Å². The maximum atomic E-state index is 6.38. The van der Waals surface area contributed by atoms with E-state index < -0.39 is 8.07 Å². The van der Waals surface area contributed by atoms with Crippen LogP contribution in [0, 0.1) is 23.5 Å². The second kappa shape index (κ2) is 16.0. The van der Waals surface area contributed by atoms with Gasteiger partial charge in [-0.3, -0.25) is 4.98 Å². The van der Waals surface area contributed by atoms with Crippen molar-refractivity contribution in [3.63, 3.8) is 0 Å². The average Bonchev–Trinajstić information content (AvgIpc) is 3.69. The van der Waals surface area contributed by atoms with Crippen molar-refractivity contribution >= 4 is 46.4 Å². The average molecular weight is 905 g/mol. The zero-order chi connectivity index (χ0) is 37.3. The number of imidazole rings is 1. The Kier molecular flexibility index (Phi) is 11.5. The Bertz CT molecular complexity index is 2510. The number of furan rings is 1. The number of fused-ring (bicyclic) bond motifs is 4. The summed E-state index contributed by atoms with van der Waals surface area (Å²) < 4.78 is 8.56. The van der Waals surface area contributed by atoms with Crippen LogP contribution in [0.5, 0.6) is 0 Å². The second-order valence-electron chi connectivity index (χ2n) is 16.5. The Labute approximate surface area is 334 Å². The van der Waals surface area contributed by atoms with E-state index in [0.29, 0.717) is 11.6 Å². The Morgan fingerprint density at radius 3 is 2.24 bits per heavy atom. The molecular weight excluding hydrogens is 857 g/mol. The van der Waals surface area contributed by atoms with Crippen LogP contribution in [0.3, 0.4) is 0 Å². The van der Waals surface area contributed by atoms with Gasteiger partial charge in [-0.1, -0.05) is 107 Å². The number of rotatable bonds is 7. The van der Waals surface area contributed by atoms with Crippen LogP contribution in [0.4, 0.5) is 0 Å². The van der Waals surface area contributed by atoms with Gasteiger partial charge < -0.3 is 14.0 Å². The summed E-state index contributed by atoms with van der Waals surface area (Å²) in [6, 6.07) is 43.7. The van der Waals surface area contributed by atoms with Crippen molar-refractivity contribution < 1.29 is 24.5 Å². The Balaban J connectivity index is 0.000000205. The summed E-state index contributed by atoms with van der Waals surface area (Å²) in [6.45, 7) is 18.4. The summed E-state index contributed by atoms with van der Waals surface area (Å²) in [5, 5.41) is 3.53. The zero-order valence-electron chi connectivity index (χ0n) is 32.5. The fraction of sp³-hybridized carbons (Fsp3) is 0.255. The molecule has 4 aromatic carbocycles. The van der Waals surface area contributed by atoms with Gasteiger partial charge in [0.1, 0.15) is 0 Å². The van der Waals surface area contributed by atoms with Gasteiger partial charge in [-0.15, -0.1) is 54.1 Å². The molecular formula is C47H48IrN4OSi-2. The van der Waals surface area contributed by atoms with E-state index in [1.165, 1.54) is 10.8 Å². The van der Waals surface area contributed by atoms with Crippen molar-refractivity contribution in [1.82, 2.24) is 19.5 Å². The molecule has 7 heteroatoms. The van der Waals surface area contributed by atoms with Crippen LogP contribution in [-0.2, 0) is 32.9 Å². The molecule has 54 heavy (non-hydrogen) atoms. The van der Waals surface area contributed by atoms with Gasteiger partial charge in [0.2, 0.25) is 5.71 Å². The van der Waals surface area contributed by atoms with Gasteiger partial charge in [0, 0.05) is 43.1 Å². The third kappa shape index (κ3) is 8.49. The largest absolute Gasteiger partial charge is 0.486 e. The van der Waals surface area contributed by atoms with Crippen molar-refractivity contribution in [2.45, 2.75) is 67.1 Å². The van der Waals surface area contributed by atoms with E-state index in [1.807, 2.05) is 66.7 Å². The molecule has 8 aromatic rings. The minimum absolute atomic E-state index is 0. The van der Waals surface area contributed by atoms with E-state index in [4.69, 9.17) is 14.4 Å². The van der Waals surface area contributed by atoms with Crippen LogP contribution in [0.15, 0.2) is 120 Å². The molecule has 0 atom stereocenters. The van der Waals surface area contributed by atoms with Crippen LogP contribution in [0.25, 0.3) is 61.4 Å². The number of hydrogen-bond acceptors (Lipinski definition) is 4. The summed E-state index contributed by atoms with van der Waals surface area (Å²) in [5.74, 6) is 1.47. The normalized spacial score (nSPS) is 11.9. The molecule has 0 aliphatic carbocycles. The standard InChI is InChI=1S/C29H24N3O.C18H24NSi.Ir/c1-29(2,3)18-19-16-17-22-21-12-9-13-23(26(21)33-28(22)30-19)27-31-24-14-7-8-15-25(24)32(27)20-10-5-4-6-11-20;1-14(2)11-16-12-17(15-9-7-6-8-10-15)19-13-18(16)20(3,4)5;/h4-12,14-17H,18H2,1-3H3;6-9,12-14H,11H2,1-5H3;/q2*-1;. The number of para-hydroxylation sites is 3. The third-order valence-electron chi connectivity index (χ3n) is 9.28. The zero-order valence-corrected chi connectivity index (χ0v) is 35.9. The number of pyridine rings is 2. The van der Waals surface area contributed by atoms with Gasteiger partial charge in [-0.2, -0.15) is 0 Å². The fourth-order valence-electron chi connectivity index (χ4n) is 6.98.